The van der Waals surface area contributed by atoms with Crippen LogP contribution >= 0.6 is 0 Å². The summed E-state index contributed by atoms with van der Waals surface area (Å²) >= 11 is 0. The minimum atomic E-state index is -1.24. The number of amides is 1. The van der Waals surface area contributed by atoms with E-state index in [9.17, 15) is 14.0 Å². The van der Waals surface area contributed by atoms with Crippen molar-refractivity contribution in [1.82, 2.24) is 5.32 Å². The molecule has 1 amide bonds. The molecule has 3 N–H and O–H groups in total. The highest BCUT2D eigenvalue weighted by molar-refractivity contribution is 5.84. The lowest BCUT2D eigenvalue weighted by Crippen LogP contribution is -2.43. The number of halogens is 1. The van der Waals surface area contributed by atoms with E-state index in [0.29, 0.717) is 0 Å². The van der Waals surface area contributed by atoms with Crippen molar-refractivity contribution < 1.29 is 28.9 Å². The molecule has 0 aromatic heterocycles. The van der Waals surface area contributed by atoms with Crippen LogP contribution in [0.2, 0.25) is 0 Å². The highest BCUT2D eigenvalue weighted by Gasteiger charge is 2.19. The number of aliphatic hydroxyl groups is 1. The summed E-state index contributed by atoms with van der Waals surface area (Å²) in [5, 5.41) is 19.6. The molecule has 0 aliphatic carbocycles. The third-order valence-corrected chi connectivity index (χ3v) is 2.22. The van der Waals surface area contributed by atoms with Gasteiger partial charge < -0.3 is 20.3 Å². The third-order valence-electron chi connectivity index (χ3n) is 2.22. The van der Waals surface area contributed by atoms with Gasteiger partial charge in [-0.15, -0.1) is 0 Å². The Morgan fingerprint density at radius 1 is 1.42 bits per heavy atom. The monoisotopic (exact) mass is 271 g/mol. The number of rotatable bonds is 7. The van der Waals surface area contributed by atoms with Crippen LogP contribution in [0.25, 0.3) is 0 Å². The zero-order valence-corrected chi connectivity index (χ0v) is 10.0. The van der Waals surface area contributed by atoms with Crippen molar-refractivity contribution in [2.75, 3.05) is 13.2 Å². The summed E-state index contributed by atoms with van der Waals surface area (Å²) in [4.78, 5) is 22.1. The molecule has 6 nitrogen and oxygen atoms in total. The largest absolute Gasteiger partial charge is 0.484 e. The number of hydrogen-bond donors (Lipinski definition) is 3. The van der Waals surface area contributed by atoms with Crippen molar-refractivity contribution in [3.63, 3.8) is 0 Å². The third kappa shape index (κ3) is 5.35. The van der Waals surface area contributed by atoms with E-state index in [1.165, 1.54) is 18.2 Å². The molecular weight excluding hydrogens is 257 g/mol. The maximum atomic E-state index is 12.8. The average molecular weight is 271 g/mol. The van der Waals surface area contributed by atoms with Gasteiger partial charge in [-0.05, 0) is 12.1 Å². The van der Waals surface area contributed by atoms with Gasteiger partial charge >= 0.3 is 5.97 Å². The summed E-state index contributed by atoms with van der Waals surface area (Å²) in [7, 11) is 0. The number of carbonyl (C=O) groups excluding carboxylic acids is 1. The van der Waals surface area contributed by atoms with E-state index < -0.39 is 30.3 Å². The number of carboxylic acid groups (broad SMARTS) is 1. The Bertz CT molecular complexity index is 452. The molecular formula is C12H14FNO5. The number of benzene rings is 1. The summed E-state index contributed by atoms with van der Waals surface area (Å²) in [5.74, 6) is -2.23. The second-order valence-corrected chi connectivity index (χ2v) is 3.72. The molecule has 7 heteroatoms. The Kier molecular flexibility index (Phi) is 5.74. The molecule has 1 aromatic carbocycles. The first-order valence-corrected chi connectivity index (χ1v) is 5.54. The van der Waals surface area contributed by atoms with Crippen molar-refractivity contribution in [2.45, 2.75) is 12.5 Å². The van der Waals surface area contributed by atoms with Crippen molar-refractivity contribution in [3.8, 4) is 5.75 Å². The van der Waals surface area contributed by atoms with E-state index in [4.69, 9.17) is 14.9 Å². The SMILES string of the molecule is O=C(COc1cccc(F)c1)N[C@@H](CCO)C(=O)O. The molecule has 0 aliphatic rings. The second-order valence-electron chi connectivity index (χ2n) is 3.72. The Morgan fingerprint density at radius 3 is 2.74 bits per heavy atom. The van der Waals surface area contributed by atoms with Gasteiger partial charge in [0.1, 0.15) is 17.6 Å². The Morgan fingerprint density at radius 2 is 2.16 bits per heavy atom. The van der Waals surface area contributed by atoms with Gasteiger partial charge in [-0.25, -0.2) is 9.18 Å². The predicted octanol–water partition coefficient (Wildman–Crippen LogP) is 0.156. The molecule has 0 fully saturated rings. The molecule has 0 aliphatic heterocycles. The molecule has 1 atom stereocenters. The van der Waals surface area contributed by atoms with E-state index in [-0.39, 0.29) is 18.8 Å². The zero-order chi connectivity index (χ0) is 14.3. The standard InChI is InChI=1S/C12H14FNO5/c13-8-2-1-3-9(6-8)19-7-11(16)14-10(4-5-15)12(17)18/h1-3,6,10,15H,4-5,7H2,(H,14,16)(H,17,18)/t10-/m0/s1. The second kappa shape index (κ2) is 7.32. The van der Waals surface area contributed by atoms with Crippen molar-refractivity contribution in [3.05, 3.63) is 30.1 Å². The predicted molar refractivity (Wildman–Crippen MR) is 63.2 cm³/mol. The first kappa shape index (κ1) is 14.9. The maximum Gasteiger partial charge on any atom is 0.326 e. The van der Waals surface area contributed by atoms with E-state index >= 15 is 0 Å². The summed E-state index contributed by atoms with van der Waals surface area (Å²) in [6.45, 7) is -0.791. The van der Waals surface area contributed by atoms with Gasteiger partial charge in [0.05, 0.1) is 0 Å². The van der Waals surface area contributed by atoms with Gasteiger partial charge in [0, 0.05) is 19.1 Å². The van der Waals surface area contributed by atoms with Gasteiger partial charge in [0.25, 0.3) is 5.91 Å². The highest BCUT2D eigenvalue weighted by Crippen LogP contribution is 2.11. The van der Waals surface area contributed by atoms with E-state index in [1.807, 2.05) is 0 Å². The fraction of sp³-hybridized carbons (Fsp3) is 0.333. The molecule has 0 bridgehead atoms. The van der Waals surface area contributed by atoms with Gasteiger partial charge in [0.2, 0.25) is 0 Å². The van der Waals surface area contributed by atoms with Crippen LogP contribution in [0.5, 0.6) is 5.75 Å². The van der Waals surface area contributed by atoms with Crippen LogP contribution in [0.1, 0.15) is 6.42 Å². The quantitative estimate of drug-likeness (QED) is 0.656. The first-order valence-electron chi connectivity index (χ1n) is 5.54. The molecule has 19 heavy (non-hydrogen) atoms. The number of ether oxygens (including phenoxy) is 1. The van der Waals surface area contributed by atoms with Crippen LogP contribution in [0.15, 0.2) is 24.3 Å². The van der Waals surface area contributed by atoms with Gasteiger partial charge in [-0.3, -0.25) is 4.79 Å². The van der Waals surface area contributed by atoms with Crippen LogP contribution in [-0.2, 0) is 9.59 Å². The molecule has 1 rings (SSSR count). The number of carboxylic acids is 1. The summed E-state index contributed by atoms with van der Waals surface area (Å²) < 4.78 is 17.8. The lowest BCUT2D eigenvalue weighted by atomic mass is 10.2. The molecule has 0 saturated heterocycles. The molecule has 0 heterocycles. The Hall–Kier alpha value is -2.15. The average Bonchev–Trinajstić information content (AvgIpc) is 2.36. The van der Waals surface area contributed by atoms with E-state index in [1.54, 1.807) is 0 Å². The molecule has 0 radical (unpaired) electrons. The van der Waals surface area contributed by atoms with Crippen LogP contribution in [0.3, 0.4) is 0 Å². The first-order chi connectivity index (χ1) is 9.02. The van der Waals surface area contributed by atoms with Crippen molar-refractivity contribution in [1.29, 1.82) is 0 Å². The summed E-state index contributed by atoms with van der Waals surface area (Å²) in [6.07, 6.45) is -0.0962. The molecule has 0 unspecified atom stereocenters. The molecule has 0 spiro atoms. The van der Waals surface area contributed by atoms with Gasteiger partial charge in [-0.1, -0.05) is 6.07 Å². The number of aliphatic carboxylic acids is 1. The van der Waals surface area contributed by atoms with E-state index in [0.717, 1.165) is 6.07 Å². The summed E-state index contributed by atoms with van der Waals surface area (Å²) in [5.41, 5.74) is 0. The smallest absolute Gasteiger partial charge is 0.326 e. The minimum absolute atomic E-state index is 0.0962. The maximum absolute atomic E-state index is 12.8. The Balaban J connectivity index is 2.44. The number of hydrogen-bond acceptors (Lipinski definition) is 4. The molecule has 1 aromatic rings. The Labute approximate surface area is 108 Å². The van der Waals surface area contributed by atoms with Gasteiger partial charge in [-0.2, -0.15) is 0 Å². The minimum Gasteiger partial charge on any atom is -0.484 e. The number of nitrogens with one attached hydrogen (secondary N) is 1. The molecule has 0 saturated carbocycles. The van der Waals surface area contributed by atoms with E-state index in [2.05, 4.69) is 5.32 Å². The highest BCUT2D eigenvalue weighted by atomic mass is 19.1. The topological polar surface area (TPSA) is 95.9 Å². The number of carbonyl (C=O) groups is 2. The van der Waals surface area contributed by atoms with Crippen LogP contribution in [0.4, 0.5) is 4.39 Å². The van der Waals surface area contributed by atoms with Crippen LogP contribution in [-0.4, -0.2) is 41.3 Å². The fourth-order valence-corrected chi connectivity index (χ4v) is 1.33. The lowest BCUT2D eigenvalue weighted by Gasteiger charge is -2.13. The summed E-state index contributed by atoms with van der Waals surface area (Å²) in [6, 6.07) is 4.06. The fourth-order valence-electron chi connectivity index (χ4n) is 1.33. The van der Waals surface area contributed by atoms with Crippen molar-refractivity contribution in [2.24, 2.45) is 0 Å². The lowest BCUT2D eigenvalue weighted by molar-refractivity contribution is -0.142. The normalized spacial score (nSPS) is 11.7. The molecule has 104 valence electrons. The van der Waals surface area contributed by atoms with Crippen LogP contribution in [0, 0.1) is 5.82 Å². The van der Waals surface area contributed by atoms with Crippen molar-refractivity contribution >= 4 is 11.9 Å². The number of aliphatic hydroxyl groups excluding tert-OH is 1. The zero-order valence-electron chi connectivity index (χ0n) is 10.0. The van der Waals surface area contributed by atoms with Gasteiger partial charge in [0.15, 0.2) is 6.61 Å². The van der Waals surface area contributed by atoms with Crippen LogP contribution < -0.4 is 10.1 Å².